The number of hydrogen-bond acceptors (Lipinski definition) is 4. The monoisotopic (exact) mass is 379 g/mol. The van der Waals surface area contributed by atoms with Crippen LogP contribution in [0, 0.1) is 0 Å². The lowest BCUT2D eigenvalue weighted by molar-refractivity contribution is -0.131. The lowest BCUT2D eigenvalue weighted by Crippen LogP contribution is -2.58. The van der Waals surface area contributed by atoms with Crippen LogP contribution < -0.4 is 16.0 Å². The van der Waals surface area contributed by atoms with Gasteiger partial charge in [-0.2, -0.15) is 0 Å². The topological polar surface area (TPSA) is 76.7 Å². The number of fused-ring (bicyclic) bond motifs is 1. The van der Waals surface area contributed by atoms with Crippen LogP contribution in [0.25, 0.3) is 0 Å². The number of carbonyl (C=O) groups is 2. The second-order valence-electron chi connectivity index (χ2n) is 8.06. The molecule has 2 amide bonds. The van der Waals surface area contributed by atoms with Crippen molar-refractivity contribution in [1.82, 2.24) is 25.8 Å². The molecule has 1 aliphatic carbocycles. The zero-order valence-electron chi connectivity index (χ0n) is 15.2. The van der Waals surface area contributed by atoms with Crippen molar-refractivity contribution in [3.05, 3.63) is 0 Å². The summed E-state index contributed by atoms with van der Waals surface area (Å²) in [6, 6.07) is 0.865. The van der Waals surface area contributed by atoms with Crippen LogP contribution in [-0.2, 0) is 9.59 Å². The fraction of sp³-hybridized carbons (Fsp3) is 0.833. The first kappa shape index (κ1) is 18.0. The van der Waals surface area contributed by atoms with Crippen molar-refractivity contribution < 1.29 is 9.59 Å². The van der Waals surface area contributed by atoms with Gasteiger partial charge in [-0.15, -0.1) is 0 Å². The molecule has 3 N–H and O–H groups in total. The van der Waals surface area contributed by atoms with Gasteiger partial charge in [-0.05, 0) is 50.7 Å². The molecular weight excluding hydrogens is 350 g/mol. The summed E-state index contributed by atoms with van der Waals surface area (Å²) in [5.41, 5.74) is 0. The Morgan fingerprint density at radius 3 is 2.65 bits per heavy atom. The van der Waals surface area contributed by atoms with E-state index in [2.05, 4.69) is 20.9 Å². The SMILES string of the molecule is O=C1NC[C@@H](CCC(=O)N2CCCC2)N2C[C@@H](NC(=S)NC3CC3)C[C@@H]12. The average Bonchev–Trinajstić information content (AvgIpc) is 3.11. The van der Waals surface area contributed by atoms with Gasteiger partial charge in [-0.1, -0.05) is 0 Å². The molecule has 3 atom stereocenters. The largest absolute Gasteiger partial charge is 0.360 e. The normalized spacial score (nSPS) is 31.5. The summed E-state index contributed by atoms with van der Waals surface area (Å²) in [6.45, 7) is 3.27. The third-order valence-electron chi connectivity index (χ3n) is 6.02. The highest BCUT2D eigenvalue weighted by Crippen LogP contribution is 2.26. The lowest BCUT2D eigenvalue weighted by atomic mass is 10.0. The molecule has 0 aromatic rings. The summed E-state index contributed by atoms with van der Waals surface area (Å²) in [4.78, 5) is 28.9. The predicted molar refractivity (Wildman–Crippen MR) is 103 cm³/mol. The van der Waals surface area contributed by atoms with E-state index in [4.69, 9.17) is 12.2 Å². The molecule has 0 aromatic carbocycles. The maximum Gasteiger partial charge on any atom is 0.237 e. The summed E-state index contributed by atoms with van der Waals surface area (Å²) in [7, 11) is 0. The first-order chi connectivity index (χ1) is 12.6. The highest BCUT2D eigenvalue weighted by Gasteiger charge is 2.43. The second kappa shape index (κ2) is 7.68. The van der Waals surface area contributed by atoms with Crippen LogP contribution in [0.3, 0.4) is 0 Å². The summed E-state index contributed by atoms with van der Waals surface area (Å²) in [5.74, 6) is 0.372. The number of hydrogen-bond donors (Lipinski definition) is 3. The van der Waals surface area contributed by atoms with Gasteiger partial charge in [0.15, 0.2) is 5.11 Å². The number of likely N-dealkylation sites (tertiary alicyclic amines) is 1. The average molecular weight is 380 g/mol. The Balaban J connectivity index is 1.29. The van der Waals surface area contributed by atoms with E-state index in [-0.39, 0.29) is 29.9 Å². The molecular formula is C18H29N5O2S. The molecule has 7 nitrogen and oxygen atoms in total. The molecule has 8 heteroatoms. The van der Waals surface area contributed by atoms with Gasteiger partial charge < -0.3 is 20.9 Å². The molecule has 0 spiro atoms. The molecule has 0 bridgehead atoms. The van der Waals surface area contributed by atoms with E-state index in [0.29, 0.717) is 24.1 Å². The van der Waals surface area contributed by atoms with Crippen LogP contribution in [0.5, 0.6) is 0 Å². The van der Waals surface area contributed by atoms with E-state index in [1.807, 2.05) is 4.90 Å². The van der Waals surface area contributed by atoms with Crippen molar-refractivity contribution in [3.8, 4) is 0 Å². The number of nitrogens with one attached hydrogen (secondary N) is 3. The fourth-order valence-electron chi connectivity index (χ4n) is 4.40. The molecule has 3 saturated heterocycles. The molecule has 4 rings (SSSR count). The minimum Gasteiger partial charge on any atom is -0.360 e. The quantitative estimate of drug-likeness (QED) is 0.582. The van der Waals surface area contributed by atoms with E-state index < -0.39 is 0 Å². The van der Waals surface area contributed by atoms with Crippen LogP contribution in [0.4, 0.5) is 0 Å². The Hall–Kier alpha value is -1.41. The minimum atomic E-state index is -0.100. The maximum absolute atomic E-state index is 12.3. The van der Waals surface area contributed by atoms with Gasteiger partial charge in [0.25, 0.3) is 0 Å². The molecule has 3 heterocycles. The Labute approximate surface area is 160 Å². The van der Waals surface area contributed by atoms with Gasteiger partial charge in [0.2, 0.25) is 11.8 Å². The van der Waals surface area contributed by atoms with Crippen LogP contribution >= 0.6 is 12.2 Å². The summed E-state index contributed by atoms with van der Waals surface area (Å²) in [6.07, 6.45) is 6.79. The number of amides is 2. The lowest BCUT2D eigenvalue weighted by Gasteiger charge is -2.37. The van der Waals surface area contributed by atoms with Crippen molar-refractivity contribution in [1.29, 1.82) is 0 Å². The zero-order chi connectivity index (χ0) is 18.1. The first-order valence-corrected chi connectivity index (χ1v) is 10.4. The van der Waals surface area contributed by atoms with E-state index in [1.54, 1.807) is 0 Å². The van der Waals surface area contributed by atoms with Crippen LogP contribution in [0.2, 0.25) is 0 Å². The summed E-state index contributed by atoms with van der Waals surface area (Å²) < 4.78 is 0. The predicted octanol–water partition coefficient (Wildman–Crippen LogP) is -0.0432. The molecule has 4 aliphatic rings. The Morgan fingerprint density at radius 1 is 1.19 bits per heavy atom. The molecule has 3 aliphatic heterocycles. The Bertz CT molecular complexity index is 576. The molecule has 0 radical (unpaired) electrons. The van der Waals surface area contributed by atoms with Crippen LogP contribution in [0.1, 0.15) is 44.9 Å². The standard InChI is InChI=1S/C18H29N5O2S/c24-16(22-7-1-2-8-22)6-5-14-10-19-17(25)15-9-13(11-23(14)15)21-18(26)20-12-3-4-12/h12-15H,1-11H2,(H,19,25)(H2,20,21,26)/t13-,14+,15-/m0/s1. The molecule has 0 aromatic heterocycles. The van der Waals surface area contributed by atoms with Gasteiger partial charge in [0.1, 0.15) is 0 Å². The van der Waals surface area contributed by atoms with Crippen LogP contribution in [-0.4, -0.2) is 77.1 Å². The number of carbonyl (C=O) groups excluding carboxylic acids is 2. The van der Waals surface area contributed by atoms with Crippen molar-refractivity contribution in [2.24, 2.45) is 0 Å². The number of piperazine rings is 1. The minimum absolute atomic E-state index is 0.100. The number of rotatable bonds is 5. The molecule has 26 heavy (non-hydrogen) atoms. The summed E-state index contributed by atoms with van der Waals surface area (Å²) in [5, 5.41) is 10.4. The van der Waals surface area contributed by atoms with Gasteiger partial charge in [-0.25, -0.2) is 0 Å². The number of nitrogens with zero attached hydrogens (tertiary/aromatic N) is 2. The van der Waals surface area contributed by atoms with Crippen LogP contribution in [0.15, 0.2) is 0 Å². The highest BCUT2D eigenvalue weighted by molar-refractivity contribution is 7.80. The second-order valence-corrected chi connectivity index (χ2v) is 8.47. The van der Waals surface area contributed by atoms with E-state index in [9.17, 15) is 9.59 Å². The van der Waals surface area contributed by atoms with E-state index in [1.165, 1.54) is 12.8 Å². The van der Waals surface area contributed by atoms with Crippen molar-refractivity contribution in [3.63, 3.8) is 0 Å². The Morgan fingerprint density at radius 2 is 1.92 bits per heavy atom. The highest BCUT2D eigenvalue weighted by atomic mass is 32.1. The van der Waals surface area contributed by atoms with Gasteiger partial charge in [-0.3, -0.25) is 14.5 Å². The zero-order valence-corrected chi connectivity index (χ0v) is 16.0. The molecule has 1 saturated carbocycles. The molecule has 0 unspecified atom stereocenters. The summed E-state index contributed by atoms with van der Waals surface area (Å²) >= 11 is 5.39. The smallest absolute Gasteiger partial charge is 0.237 e. The first-order valence-electron chi connectivity index (χ1n) is 9.98. The van der Waals surface area contributed by atoms with Crippen molar-refractivity contribution >= 4 is 29.1 Å². The van der Waals surface area contributed by atoms with Crippen molar-refractivity contribution in [2.75, 3.05) is 26.2 Å². The molecule has 4 fully saturated rings. The van der Waals surface area contributed by atoms with E-state index in [0.717, 1.165) is 45.3 Å². The molecule has 144 valence electrons. The maximum atomic E-state index is 12.3. The fourth-order valence-corrected chi connectivity index (χ4v) is 4.74. The van der Waals surface area contributed by atoms with Crippen molar-refractivity contribution in [2.45, 2.75) is 69.1 Å². The Kier molecular flexibility index (Phi) is 5.31. The third-order valence-corrected chi connectivity index (χ3v) is 6.26. The number of thiocarbonyl (C=S) groups is 1. The van der Waals surface area contributed by atoms with Gasteiger partial charge in [0, 0.05) is 50.7 Å². The van der Waals surface area contributed by atoms with Gasteiger partial charge >= 0.3 is 0 Å². The van der Waals surface area contributed by atoms with E-state index >= 15 is 0 Å². The third kappa shape index (κ3) is 4.11. The van der Waals surface area contributed by atoms with Gasteiger partial charge in [0.05, 0.1) is 6.04 Å².